The normalized spacial score (nSPS) is 19.8. The van der Waals surface area contributed by atoms with E-state index in [0.29, 0.717) is 22.2 Å². The van der Waals surface area contributed by atoms with Crippen molar-refractivity contribution < 1.29 is 18.8 Å². The third kappa shape index (κ3) is 4.10. The molecule has 28 heavy (non-hydrogen) atoms. The Kier molecular flexibility index (Phi) is 5.19. The van der Waals surface area contributed by atoms with Crippen LogP contribution in [-0.4, -0.2) is 32.4 Å². The Morgan fingerprint density at radius 2 is 2.11 bits per heavy atom. The Bertz CT molecular complexity index is 964. The molecule has 146 valence electrons. The number of aliphatic hydroxyl groups excluding tert-OH is 1. The van der Waals surface area contributed by atoms with Crippen LogP contribution in [0.15, 0.2) is 34.9 Å². The fourth-order valence-electron chi connectivity index (χ4n) is 3.18. The van der Waals surface area contributed by atoms with Gasteiger partial charge in [-0.05, 0) is 49.9 Å². The topological polar surface area (TPSA) is 101 Å². The first-order chi connectivity index (χ1) is 13.5. The molecule has 2 N–H and O–H groups in total. The van der Waals surface area contributed by atoms with E-state index in [1.165, 1.54) is 23.5 Å². The summed E-state index contributed by atoms with van der Waals surface area (Å²) in [5, 5.41) is 25.9. The quantitative estimate of drug-likeness (QED) is 0.657. The van der Waals surface area contributed by atoms with E-state index in [-0.39, 0.29) is 23.5 Å². The van der Waals surface area contributed by atoms with E-state index < -0.39 is 6.10 Å². The van der Waals surface area contributed by atoms with Crippen LogP contribution < -0.4 is 5.32 Å². The Balaban J connectivity index is 1.28. The van der Waals surface area contributed by atoms with Crippen molar-refractivity contribution in [1.82, 2.24) is 20.7 Å². The molecule has 1 amide bonds. The van der Waals surface area contributed by atoms with Crippen LogP contribution in [0, 0.1) is 11.7 Å². The standard InChI is InChI=1S/C19H19FN4O3S/c1-10(25)19-23-22-17(28-19)8-11-6-14(7-11)21-18(26)16-9-15(24-27-16)12-2-4-13(20)5-3-12/h2-5,9-11,14,25H,6-8H2,1H3,(H,21,26)/t10-,11-,14-/m1/s1. The maximum absolute atomic E-state index is 13.0. The highest BCUT2D eigenvalue weighted by atomic mass is 32.1. The largest absolute Gasteiger partial charge is 0.386 e. The first-order valence-electron chi connectivity index (χ1n) is 9.02. The van der Waals surface area contributed by atoms with Crippen LogP contribution in [-0.2, 0) is 6.42 Å². The molecule has 0 unspecified atom stereocenters. The lowest BCUT2D eigenvalue weighted by Crippen LogP contribution is -2.44. The number of aliphatic hydroxyl groups is 1. The van der Waals surface area contributed by atoms with Crippen molar-refractivity contribution in [2.45, 2.75) is 38.3 Å². The van der Waals surface area contributed by atoms with Gasteiger partial charge in [-0.2, -0.15) is 0 Å². The zero-order valence-corrected chi connectivity index (χ0v) is 15.9. The van der Waals surface area contributed by atoms with Gasteiger partial charge in [-0.25, -0.2) is 4.39 Å². The van der Waals surface area contributed by atoms with Crippen LogP contribution in [0.25, 0.3) is 11.3 Å². The maximum atomic E-state index is 13.0. The smallest absolute Gasteiger partial charge is 0.290 e. The lowest BCUT2D eigenvalue weighted by atomic mass is 9.78. The molecule has 2 heterocycles. The average Bonchev–Trinajstić information content (AvgIpc) is 3.30. The molecular weight excluding hydrogens is 383 g/mol. The van der Waals surface area contributed by atoms with E-state index in [2.05, 4.69) is 20.7 Å². The van der Waals surface area contributed by atoms with E-state index >= 15 is 0 Å². The van der Waals surface area contributed by atoms with Gasteiger partial charge in [-0.15, -0.1) is 10.2 Å². The van der Waals surface area contributed by atoms with Crippen molar-refractivity contribution in [2.75, 3.05) is 0 Å². The van der Waals surface area contributed by atoms with E-state index in [1.54, 1.807) is 25.1 Å². The number of aromatic nitrogens is 3. The Morgan fingerprint density at radius 1 is 1.36 bits per heavy atom. The predicted molar refractivity (Wildman–Crippen MR) is 100 cm³/mol. The molecule has 0 bridgehead atoms. The highest BCUT2D eigenvalue weighted by molar-refractivity contribution is 7.11. The van der Waals surface area contributed by atoms with Crippen molar-refractivity contribution in [2.24, 2.45) is 5.92 Å². The second-order valence-corrected chi connectivity index (χ2v) is 8.10. The highest BCUT2D eigenvalue weighted by Crippen LogP contribution is 2.32. The van der Waals surface area contributed by atoms with Crippen LogP contribution in [0.3, 0.4) is 0 Å². The van der Waals surface area contributed by atoms with Gasteiger partial charge >= 0.3 is 0 Å². The van der Waals surface area contributed by atoms with E-state index in [4.69, 9.17) is 4.52 Å². The van der Waals surface area contributed by atoms with Gasteiger partial charge in [0.1, 0.15) is 27.6 Å². The minimum Gasteiger partial charge on any atom is -0.386 e. The molecule has 0 radical (unpaired) electrons. The van der Waals surface area contributed by atoms with Gasteiger partial charge in [-0.1, -0.05) is 16.5 Å². The molecule has 2 aromatic heterocycles. The zero-order chi connectivity index (χ0) is 19.7. The van der Waals surface area contributed by atoms with Gasteiger partial charge in [0.2, 0.25) is 5.76 Å². The van der Waals surface area contributed by atoms with Crippen LogP contribution in [0.1, 0.15) is 46.4 Å². The average molecular weight is 402 g/mol. The molecule has 1 aliphatic carbocycles. The third-order valence-electron chi connectivity index (χ3n) is 4.75. The van der Waals surface area contributed by atoms with Crippen molar-refractivity contribution in [1.29, 1.82) is 0 Å². The number of rotatable bonds is 6. The van der Waals surface area contributed by atoms with Crippen LogP contribution in [0.4, 0.5) is 4.39 Å². The molecule has 0 spiro atoms. The molecule has 0 aliphatic heterocycles. The number of nitrogens with one attached hydrogen (secondary N) is 1. The number of carbonyl (C=O) groups excluding carboxylic acids is 1. The fourth-order valence-corrected chi connectivity index (χ4v) is 4.07. The first-order valence-corrected chi connectivity index (χ1v) is 9.83. The minimum atomic E-state index is -0.596. The summed E-state index contributed by atoms with van der Waals surface area (Å²) in [7, 11) is 0. The molecule has 9 heteroatoms. The molecule has 1 saturated carbocycles. The lowest BCUT2D eigenvalue weighted by molar-refractivity contribution is 0.0852. The Hall–Kier alpha value is -2.65. The number of carbonyl (C=O) groups is 1. The zero-order valence-electron chi connectivity index (χ0n) is 15.1. The molecule has 1 fully saturated rings. The summed E-state index contributed by atoms with van der Waals surface area (Å²) in [5.41, 5.74) is 1.17. The van der Waals surface area contributed by atoms with Gasteiger partial charge in [0.25, 0.3) is 5.91 Å². The molecule has 1 atom stereocenters. The summed E-state index contributed by atoms with van der Waals surface area (Å²) in [5.74, 6) is -0.0740. The van der Waals surface area contributed by atoms with Crippen molar-refractivity contribution in [3.05, 3.63) is 51.9 Å². The van der Waals surface area contributed by atoms with E-state index in [9.17, 15) is 14.3 Å². The van der Waals surface area contributed by atoms with Gasteiger partial charge < -0.3 is 14.9 Å². The number of amides is 1. The summed E-state index contributed by atoms with van der Waals surface area (Å²) in [6, 6.07) is 7.48. The predicted octanol–water partition coefficient (Wildman–Crippen LogP) is 3.14. The van der Waals surface area contributed by atoms with Crippen molar-refractivity contribution in [3.63, 3.8) is 0 Å². The van der Waals surface area contributed by atoms with Crippen molar-refractivity contribution >= 4 is 17.2 Å². The number of hydrogen-bond acceptors (Lipinski definition) is 7. The van der Waals surface area contributed by atoms with Gasteiger partial charge in [0, 0.05) is 24.1 Å². The molecule has 4 rings (SSSR count). The number of hydrogen-bond donors (Lipinski definition) is 2. The Labute approximate surface area is 164 Å². The van der Waals surface area contributed by atoms with E-state index in [0.717, 1.165) is 24.3 Å². The summed E-state index contributed by atoms with van der Waals surface area (Å²) in [4.78, 5) is 12.3. The van der Waals surface area contributed by atoms with Crippen molar-refractivity contribution in [3.8, 4) is 11.3 Å². The summed E-state index contributed by atoms with van der Waals surface area (Å²) in [6.07, 6.45) is 1.91. The fraction of sp³-hybridized carbons (Fsp3) is 0.368. The summed E-state index contributed by atoms with van der Waals surface area (Å²) in [6.45, 7) is 1.67. The van der Waals surface area contributed by atoms with E-state index in [1.807, 2.05) is 0 Å². The van der Waals surface area contributed by atoms with Crippen LogP contribution in [0.5, 0.6) is 0 Å². The van der Waals surface area contributed by atoms with Crippen LogP contribution in [0.2, 0.25) is 0 Å². The molecule has 0 saturated heterocycles. The molecule has 1 aliphatic rings. The van der Waals surface area contributed by atoms with Gasteiger partial charge in [0.15, 0.2) is 0 Å². The maximum Gasteiger partial charge on any atom is 0.290 e. The van der Waals surface area contributed by atoms with Crippen LogP contribution >= 0.6 is 11.3 Å². The lowest BCUT2D eigenvalue weighted by Gasteiger charge is -2.35. The third-order valence-corrected chi connectivity index (χ3v) is 5.86. The van der Waals surface area contributed by atoms with Gasteiger partial charge in [-0.3, -0.25) is 4.79 Å². The monoisotopic (exact) mass is 402 g/mol. The molecular formula is C19H19FN4O3S. The number of nitrogens with zero attached hydrogens (tertiary/aromatic N) is 3. The highest BCUT2D eigenvalue weighted by Gasteiger charge is 2.32. The van der Waals surface area contributed by atoms with Gasteiger partial charge in [0.05, 0.1) is 0 Å². The molecule has 1 aromatic carbocycles. The summed E-state index contributed by atoms with van der Waals surface area (Å²) < 4.78 is 18.1. The minimum absolute atomic E-state index is 0.0843. The second-order valence-electron chi connectivity index (χ2n) is 7.01. The molecule has 3 aromatic rings. The summed E-state index contributed by atoms with van der Waals surface area (Å²) >= 11 is 1.43. The number of benzene rings is 1. The Morgan fingerprint density at radius 3 is 2.79 bits per heavy atom. The molecule has 7 nitrogen and oxygen atoms in total. The second kappa shape index (κ2) is 7.76. The first kappa shape index (κ1) is 18.7. The SMILES string of the molecule is C[C@@H](O)c1nnc(C[C@H]2C[C@H](NC(=O)c3cc(-c4ccc(F)cc4)no3)C2)s1. The number of halogens is 1.